The van der Waals surface area contributed by atoms with Crippen molar-refractivity contribution in [3.05, 3.63) is 0 Å². The van der Waals surface area contributed by atoms with Gasteiger partial charge in [-0.2, -0.15) is 0 Å². The van der Waals surface area contributed by atoms with Crippen LogP contribution in [0.2, 0.25) is 0 Å². The SMILES string of the molecule is CC(C)(C)N1CCN(C(=O)CCCCCN)CC1. The number of nitrogens with zero attached hydrogens (tertiary/aromatic N) is 2. The van der Waals surface area contributed by atoms with Gasteiger partial charge in [0, 0.05) is 38.1 Å². The lowest BCUT2D eigenvalue weighted by Crippen LogP contribution is -2.54. The van der Waals surface area contributed by atoms with Gasteiger partial charge in [0.2, 0.25) is 5.91 Å². The zero-order valence-corrected chi connectivity index (χ0v) is 12.2. The predicted molar refractivity (Wildman–Crippen MR) is 75.4 cm³/mol. The van der Waals surface area contributed by atoms with Crippen LogP contribution in [-0.4, -0.2) is 54.0 Å². The number of hydrogen-bond acceptors (Lipinski definition) is 3. The van der Waals surface area contributed by atoms with Gasteiger partial charge in [0.15, 0.2) is 0 Å². The van der Waals surface area contributed by atoms with Gasteiger partial charge in [-0.15, -0.1) is 0 Å². The number of unbranched alkanes of at least 4 members (excludes halogenated alkanes) is 2. The van der Waals surface area contributed by atoms with Crippen LogP contribution in [-0.2, 0) is 4.79 Å². The average molecular weight is 255 g/mol. The van der Waals surface area contributed by atoms with Crippen molar-refractivity contribution in [3.63, 3.8) is 0 Å². The van der Waals surface area contributed by atoms with Gasteiger partial charge in [0.05, 0.1) is 0 Å². The first-order valence-corrected chi connectivity index (χ1v) is 7.18. The topological polar surface area (TPSA) is 49.6 Å². The first-order chi connectivity index (χ1) is 8.45. The number of hydrogen-bond donors (Lipinski definition) is 1. The molecule has 0 aromatic heterocycles. The molecule has 0 atom stereocenters. The molecule has 4 nitrogen and oxygen atoms in total. The predicted octanol–water partition coefficient (Wildman–Crippen LogP) is 1.45. The van der Waals surface area contributed by atoms with Crippen molar-refractivity contribution < 1.29 is 4.79 Å². The average Bonchev–Trinajstić information content (AvgIpc) is 2.33. The third kappa shape index (κ3) is 4.94. The Morgan fingerprint density at radius 1 is 1.06 bits per heavy atom. The summed E-state index contributed by atoms with van der Waals surface area (Å²) in [6, 6.07) is 0. The summed E-state index contributed by atoms with van der Waals surface area (Å²) in [5.41, 5.74) is 5.66. The summed E-state index contributed by atoms with van der Waals surface area (Å²) in [6.07, 6.45) is 3.78. The third-order valence-electron chi connectivity index (χ3n) is 3.68. The molecule has 0 saturated carbocycles. The fourth-order valence-electron chi connectivity index (χ4n) is 2.38. The molecule has 0 spiro atoms. The molecule has 1 heterocycles. The van der Waals surface area contributed by atoms with E-state index >= 15 is 0 Å². The minimum atomic E-state index is 0.219. The lowest BCUT2D eigenvalue weighted by molar-refractivity contribution is -0.133. The molecule has 1 aliphatic heterocycles. The summed E-state index contributed by atoms with van der Waals surface area (Å²) in [5.74, 6) is 0.320. The molecular weight excluding hydrogens is 226 g/mol. The van der Waals surface area contributed by atoms with Crippen molar-refractivity contribution >= 4 is 5.91 Å². The maximum Gasteiger partial charge on any atom is 0.222 e. The van der Waals surface area contributed by atoms with Crippen LogP contribution in [0.1, 0.15) is 46.5 Å². The van der Waals surface area contributed by atoms with E-state index in [1.54, 1.807) is 0 Å². The van der Waals surface area contributed by atoms with Crippen LogP contribution in [0.4, 0.5) is 0 Å². The Labute approximate surface area is 111 Å². The van der Waals surface area contributed by atoms with Crippen LogP contribution in [0, 0.1) is 0 Å². The summed E-state index contributed by atoms with van der Waals surface area (Å²) in [5, 5.41) is 0. The molecule has 2 N–H and O–H groups in total. The van der Waals surface area contributed by atoms with Gasteiger partial charge in [0.25, 0.3) is 0 Å². The zero-order chi connectivity index (χ0) is 13.6. The highest BCUT2D eigenvalue weighted by Gasteiger charge is 2.27. The summed E-state index contributed by atoms with van der Waals surface area (Å²) < 4.78 is 0. The fourth-order valence-corrected chi connectivity index (χ4v) is 2.38. The summed E-state index contributed by atoms with van der Waals surface area (Å²) in [7, 11) is 0. The molecule has 1 aliphatic rings. The van der Waals surface area contributed by atoms with Gasteiger partial charge in [-0.05, 0) is 40.2 Å². The number of carbonyl (C=O) groups excluding carboxylic acids is 1. The molecule has 0 aliphatic carbocycles. The van der Waals surface area contributed by atoms with E-state index in [0.717, 1.165) is 52.0 Å². The van der Waals surface area contributed by atoms with Crippen LogP contribution < -0.4 is 5.73 Å². The molecule has 0 aromatic rings. The van der Waals surface area contributed by atoms with E-state index in [4.69, 9.17) is 5.73 Å². The number of nitrogens with two attached hydrogens (primary N) is 1. The van der Waals surface area contributed by atoms with Crippen LogP contribution in [0.3, 0.4) is 0 Å². The van der Waals surface area contributed by atoms with Crippen LogP contribution in [0.25, 0.3) is 0 Å². The maximum absolute atomic E-state index is 12.0. The second-order valence-corrected chi connectivity index (χ2v) is 6.14. The molecule has 0 radical (unpaired) electrons. The monoisotopic (exact) mass is 255 g/mol. The smallest absolute Gasteiger partial charge is 0.222 e. The molecule has 1 rings (SSSR count). The maximum atomic E-state index is 12.0. The van der Waals surface area contributed by atoms with E-state index in [-0.39, 0.29) is 5.54 Å². The fraction of sp³-hybridized carbons (Fsp3) is 0.929. The Hall–Kier alpha value is -0.610. The van der Waals surface area contributed by atoms with Gasteiger partial charge in [-0.3, -0.25) is 9.69 Å². The van der Waals surface area contributed by atoms with Gasteiger partial charge in [-0.25, -0.2) is 0 Å². The lowest BCUT2D eigenvalue weighted by Gasteiger charge is -2.42. The van der Waals surface area contributed by atoms with E-state index in [1.807, 2.05) is 4.90 Å². The van der Waals surface area contributed by atoms with E-state index in [9.17, 15) is 4.79 Å². The minimum absolute atomic E-state index is 0.219. The Balaban J connectivity index is 2.23. The van der Waals surface area contributed by atoms with Crippen molar-refractivity contribution in [1.29, 1.82) is 0 Å². The van der Waals surface area contributed by atoms with E-state index in [1.165, 1.54) is 0 Å². The Morgan fingerprint density at radius 2 is 1.67 bits per heavy atom. The van der Waals surface area contributed by atoms with E-state index < -0.39 is 0 Å². The Morgan fingerprint density at radius 3 is 2.17 bits per heavy atom. The third-order valence-corrected chi connectivity index (χ3v) is 3.68. The number of amides is 1. The van der Waals surface area contributed by atoms with Gasteiger partial charge >= 0.3 is 0 Å². The van der Waals surface area contributed by atoms with Gasteiger partial charge in [-0.1, -0.05) is 6.42 Å². The number of carbonyl (C=O) groups is 1. The van der Waals surface area contributed by atoms with Gasteiger partial charge < -0.3 is 10.6 Å². The van der Waals surface area contributed by atoms with Crippen molar-refractivity contribution in [2.24, 2.45) is 5.73 Å². The quantitative estimate of drug-likeness (QED) is 0.756. The molecule has 0 unspecified atom stereocenters. The normalized spacial score (nSPS) is 18.1. The molecule has 0 aromatic carbocycles. The molecule has 106 valence electrons. The molecule has 1 saturated heterocycles. The number of piperazine rings is 1. The zero-order valence-electron chi connectivity index (χ0n) is 12.2. The largest absolute Gasteiger partial charge is 0.340 e. The minimum Gasteiger partial charge on any atom is -0.340 e. The molecule has 1 amide bonds. The Kier molecular flexibility index (Phi) is 6.09. The second kappa shape index (κ2) is 7.10. The molecule has 4 heteroatoms. The summed E-state index contributed by atoms with van der Waals surface area (Å²) in [4.78, 5) is 16.5. The molecule has 0 bridgehead atoms. The molecule has 1 fully saturated rings. The van der Waals surface area contributed by atoms with Crippen LogP contribution in [0.5, 0.6) is 0 Å². The molecular formula is C14H29N3O. The highest BCUT2D eigenvalue weighted by molar-refractivity contribution is 5.76. The standard InChI is InChI=1S/C14H29N3O/c1-14(2,3)17-11-9-16(10-12-17)13(18)7-5-4-6-8-15/h4-12,15H2,1-3H3. The van der Waals surface area contributed by atoms with Crippen LogP contribution >= 0.6 is 0 Å². The van der Waals surface area contributed by atoms with Crippen molar-refractivity contribution in [1.82, 2.24) is 9.80 Å². The highest BCUT2D eigenvalue weighted by Crippen LogP contribution is 2.16. The van der Waals surface area contributed by atoms with Crippen molar-refractivity contribution in [2.45, 2.75) is 52.0 Å². The van der Waals surface area contributed by atoms with E-state index in [2.05, 4.69) is 25.7 Å². The first-order valence-electron chi connectivity index (χ1n) is 7.18. The Bertz CT molecular complexity index is 252. The van der Waals surface area contributed by atoms with Gasteiger partial charge in [0.1, 0.15) is 0 Å². The highest BCUT2D eigenvalue weighted by atomic mass is 16.2. The second-order valence-electron chi connectivity index (χ2n) is 6.14. The van der Waals surface area contributed by atoms with E-state index in [0.29, 0.717) is 12.3 Å². The van der Waals surface area contributed by atoms with Crippen LogP contribution in [0.15, 0.2) is 0 Å². The van der Waals surface area contributed by atoms with Crippen molar-refractivity contribution in [3.8, 4) is 0 Å². The lowest BCUT2D eigenvalue weighted by atomic mass is 10.0. The first kappa shape index (κ1) is 15.4. The number of rotatable bonds is 5. The summed E-state index contributed by atoms with van der Waals surface area (Å²) >= 11 is 0. The summed E-state index contributed by atoms with van der Waals surface area (Å²) in [6.45, 7) is 11.2. The van der Waals surface area contributed by atoms with Crippen molar-refractivity contribution in [2.75, 3.05) is 32.7 Å². The molecule has 18 heavy (non-hydrogen) atoms.